The number of fused-ring (bicyclic) bond motifs is 1. The van der Waals surface area contributed by atoms with E-state index >= 15 is 0 Å². The molecule has 0 amide bonds. The minimum absolute atomic E-state index is 0.844. The first-order chi connectivity index (χ1) is 12.1. The average molecular weight is 342 g/mol. The van der Waals surface area contributed by atoms with Crippen LogP contribution in [0.15, 0.2) is 36.4 Å². The van der Waals surface area contributed by atoms with Gasteiger partial charge in [0.05, 0.1) is 25.4 Å². The van der Waals surface area contributed by atoms with Crippen molar-refractivity contribution in [3.63, 3.8) is 0 Å². The van der Waals surface area contributed by atoms with Crippen LogP contribution >= 0.6 is 0 Å². The van der Waals surface area contributed by atoms with Gasteiger partial charge in [0.25, 0.3) is 0 Å². The standard InChI is InChI=1S/C17H18N2O2.2C2H6/c1-11-9-13(20-3)6-8-17(11)19-12(2)15-10-14(21-4)5-7-16(15)18-19;2*1-2/h5-10H,1-4H3;2*1-2H3. The van der Waals surface area contributed by atoms with Crippen LogP contribution in [0.2, 0.25) is 0 Å². The van der Waals surface area contributed by atoms with Crippen molar-refractivity contribution < 1.29 is 9.47 Å². The van der Waals surface area contributed by atoms with Crippen molar-refractivity contribution in [2.45, 2.75) is 41.5 Å². The Labute approximate surface area is 151 Å². The largest absolute Gasteiger partial charge is 0.497 e. The monoisotopic (exact) mass is 342 g/mol. The first-order valence-corrected chi connectivity index (χ1v) is 8.82. The maximum Gasteiger partial charge on any atom is 0.119 e. The number of aryl methyl sites for hydroxylation is 2. The molecule has 0 bridgehead atoms. The highest BCUT2D eigenvalue weighted by Gasteiger charge is 2.12. The molecule has 0 spiro atoms. The molecule has 2 aromatic carbocycles. The summed E-state index contributed by atoms with van der Waals surface area (Å²) in [6.45, 7) is 12.1. The second kappa shape index (κ2) is 9.72. The van der Waals surface area contributed by atoms with E-state index in [2.05, 4.69) is 13.8 Å². The summed E-state index contributed by atoms with van der Waals surface area (Å²) in [5, 5.41) is 5.80. The predicted molar refractivity (Wildman–Crippen MR) is 106 cm³/mol. The van der Waals surface area contributed by atoms with Gasteiger partial charge in [-0.1, -0.05) is 27.7 Å². The molecule has 0 radical (unpaired) electrons. The molecule has 0 aliphatic heterocycles. The highest BCUT2D eigenvalue weighted by Crippen LogP contribution is 2.27. The topological polar surface area (TPSA) is 36.3 Å². The van der Waals surface area contributed by atoms with Crippen LogP contribution in [-0.4, -0.2) is 24.0 Å². The van der Waals surface area contributed by atoms with E-state index in [1.807, 2.05) is 68.8 Å². The lowest BCUT2D eigenvalue weighted by atomic mass is 10.1. The summed E-state index contributed by atoms with van der Waals surface area (Å²) < 4.78 is 12.5. The fourth-order valence-electron chi connectivity index (χ4n) is 2.54. The summed E-state index contributed by atoms with van der Waals surface area (Å²) in [5.41, 5.74) is 4.24. The third-order valence-corrected chi connectivity index (χ3v) is 3.75. The summed E-state index contributed by atoms with van der Waals surface area (Å²) in [4.78, 5) is 0. The average Bonchev–Trinajstić information content (AvgIpc) is 3.00. The summed E-state index contributed by atoms with van der Waals surface area (Å²) in [6, 6.07) is 11.9. The van der Waals surface area contributed by atoms with E-state index in [4.69, 9.17) is 14.6 Å². The number of methoxy groups -OCH3 is 2. The third-order valence-electron chi connectivity index (χ3n) is 3.75. The first kappa shape index (κ1) is 20.6. The summed E-state index contributed by atoms with van der Waals surface area (Å²) in [5.74, 6) is 1.70. The van der Waals surface area contributed by atoms with Gasteiger partial charge in [0, 0.05) is 11.1 Å². The van der Waals surface area contributed by atoms with Crippen LogP contribution in [0.5, 0.6) is 11.5 Å². The maximum atomic E-state index is 5.29. The Bertz CT molecular complexity index is 807. The number of aromatic nitrogens is 2. The zero-order valence-electron chi connectivity index (χ0n) is 16.7. The number of hydrogen-bond acceptors (Lipinski definition) is 3. The van der Waals surface area contributed by atoms with Gasteiger partial charge in [-0.3, -0.25) is 0 Å². The van der Waals surface area contributed by atoms with E-state index in [-0.39, 0.29) is 0 Å². The molecule has 1 heterocycles. The van der Waals surface area contributed by atoms with Crippen LogP contribution in [0.25, 0.3) is 16.6 Å². The van der Waals surface area contributed by atoms with Crippen molar-refractivity contribution in [2.24, 2.45) is 0 Å². The number of ether oxygens (including phenoxy) is 2. The Morgan fingerprint density at radius 3 is 1.92 bits per heavy atom. The molecule has 0 aliphatic rings. The quantitative estimate of drug-likeness (QED) is 0.611. The Balaban J connectivity index is 0.000000730. The van der Waals surface area contributed by atoms with Gasteiger partial charge >= 0.3 is 0 Å². The molecule has 0 fully saturated rings. The molecule has 1 aromatic heterocycles. The highest BCUT2D eigenvalue weighted by atomic mass is 16.5. The molecule has 136 valence electrons. The van der Waals surface area contributed by atoms with E-state index < -0.39 is 0 Å². The first-order valence-electron chi connectivity index (χ1n) is 8.82. The molecule has 4 heteroatoms. The molecule has 0 saturated carbocycles. The lowest BCUT2D eigenvalue weighted by Gasteiger charge is -2.09. The minimum Gasteiger partial charge on any atom is -0.497 e. The van der Waals surface area contributed by atoms with Gasteiger partial charge in [-0.2, -0.15) is 5.10 Å². The minimum atomic E-state index is 0.844. The predicted octanol–water partition coefficient (Wildman–Crippen LogP) is 5.71. The lowest BCUT2D eigenvalue weighted by Crippen LogP contribution is -2.01. The molecule has 3 aromatic rings. The van der Waals surface area contributed by atoms with Crippen LogP contribution in [0.1, 0.15) is 39.0 Å². The van der Waals surface area contributed by atoms with E-state index in [9.17, 15) is 0 Å². The normalized spacial score (nSPS) is 9.60. The Morgan fingerprint density at radius 1 is 0.800 bits per heavy atom. The van der Waals surface area contributed by atoms with Crippen molar-refractivity contribution in [1.82, 2.24) is 9.78 Å². The van der Waals surface area contributed by atoms with E-state index in [1.54, 1.807) is 14.2 Å². The van der Waals surface area contributed by atoms with Crippen molar-refractivity contribution in [3.05, 3.63) is 47.7 Å². The van der Waals surface area contributed by atoms with Crippen molar-refractivity contribution in [1.29, 1.82) is 0 Å². The highest BCUT2D eigenvalue weighted by molar-refractivity contribution is 5.83. The second-order valence-corrected chi connectivity index (χ2v) is 5.03. The molecule has 0 saturated heterocycles. The van der Waals surface area contributed by atoms with Gasteiger partial charge in [0.2, 0.25) is 0 Å². The van der Waals surface area contributed by atoms with Gasteiger partial charge in [-0.05, 0) is 55.8 Å². The smallest absolute Gasteiger partial charge is 0.119 e. The van der Waals surface area contributed by atoms with Gasteiger partial charge in [0.15, 0.2) is 0 Å². The molecule has 0 atom stereocenters. The maximum absolute atomic E-state index is 5.29. The molecule has 4 nitrogen and oxygen atoms in total. The Hall–Kier alpha value is -2.49. The summed E-state index contributed by atoms with van der Waals surface area (Å²) >= 11 is 0. The number of hydrogen-bond donors (Lipinski definition) is 0. The van der Waals surface area contributed by atoms with Crippen LogP contribution in [0.3, 0.4) is 0 Å². The van der Waals surface area contributed by atoms with Gasteiger partial charge < -0.3 is 9.47 Å². The molecule has 0 aliphatic carbocycles. The molecule has 0 unspecified atom stereocenters. The van der Waals surface area contributed by atoms with E-state index in [0.29, 0.717) is 0 Å². The fourth-order valence-corrected chi connectivity index (χ4v) is 2.54. The zero-order valence-corrected chi connectivity index (χ0v) is 16.7. The van der Waals surface area contributed by atoms with E-state index in [0.717, 1.165) is 39.3 Å². The summed E-state index contributed by atoms with van der Waals surface area (Å²) in [6.07, 6.45) is 0. The van der Waals surface area contributed by atoms with Crippen LogP contribution in [-0.2, 0) is 0 Å². The lowest BCUT2D eigenvalue weighted by molar-refractivity contribution is 0.414. The second-order valence-electron chi connectivity index (χ2n) is 5.03. The molecule has 3 rings (SSSR count). The Kier molecular flexibility index (Phi) is 7.99. The van der Waals surface area contributed by atoms with Crippen LogP contribution in [0, 0.1) is 13.8 Å². The van der Waals surface area contributed by atoms with Gasteiger partial charge in [-0.25, -0.2) is 4.68 Å². The number of rotatable bonds is 3. The zero-order chi connectivity index (χ0) is 19.0. The van der Waals surface area contributed by atoms with Crippen LogP contribution in [0.4, 0.5) is 0 Å². The van der Waals surface area contributed by atoms with Gasteiger partial charge in [0.1, 0.15) is 11.5 Å². The third kappa shape index (κ3) is 4.32. The molecular weight excluding hydrogens is 312 g/mol. The molecule has 0 N–H and O–H groups in total. The molecule has 25 heavy (non-hydrogen) atoms. The van der Waals surface area contributed by atoms with Crippen molar-refractivity contribution >= 4 is 10.9 Å². The summed E-state index contributed by atoms with van der Waals surface area (Å²) in [7, 11) is 3.35. The SMILES string of the molecule is CC.CC.COc1ccc(-n2nc3ccc(OC)cc3c2C)c(C)c1. The molecular formula is C21H30N2O2. The van der Waals surface area contributed by atoms with Crippen LogP contribution < -0.4 is 9.47 Å². The van der Waals surface area contributed by atoms with Crippen molar-refractivity contribution in [2.75, 3.05) is 14.2 Å². The fraction of sp³-hybridized carbons (Fsp3) is 0.381. The van der Waals surface area contributed by atoms with Gasteiger partial charge in [-0.15, -0.1) is 0 Å². The number of benzene rings is 2. The Morgan fingerprint density at radius 2 is 1.36 bits per heavy atom. The van der Waals surface area contributed by atoms with E-state index in [1.165, 1.54) is 0 Å². The number of nitrogens with zero attached hydrogens (tertiary/aromatic N) is 2. The van der Waals surface area contributed by atoms with Crippen molar-refractivity contribution in [3.8, 4) is 17.2 Å².